The summed E-state index contributed by atoms with van der Waals surface area (Å²) in [5.41, 5.74) is 6.67. The van der Waals surface area contributed by atoms with Gasteiger partial charge in [0.05, 0.1) is 6.20 Å². The number of nitrogen functional groups attached to an aromatic ring is 1. The van der Waals surface area contributed by atoms with Crippen LogP contribution in [-0.2, 0) is 0 Å². The molecule has 1 unspecified atom stereocenters. The van der Waals surface area contributed by atoms with Crippen molar-refractivity contribution in [3.63, 3.8) is 0 Å². The summed E-state index contributed by atoms with van der Waals surface area (Å²) in [6, 6.07) is 0. The molecule has 1 fully saturated rings. The third-order valence-corrected chi connectivity index (χ3v) is 2.36. The van der Waals surface area contributed by atoms with Gasteiger partial charge in [0.2, 0.25) is 5.88 Å². The zero-order valence-corrected chi connectivity index (χ0v) is 6.92. The molecule has 0 aromatic carbocycles. The zero-order valence-electron chi connectivity index (χ0n) is 6.92. The van der Waals surface area contributed by atoms with Gasteiger partial charge in [-0.1, -0.05) is 5.16 Å². The van der Waals surface area contributed by atoms with Gasteiger partial charge in [0.1, 0.15) is 0 Å². The number of piperidine rings is 1. The summed E-state index contributed by atoms with van der Waals surface area (Å²) in [4.78, 5) is 0. The maximum Gasteiger partial charge on any atom is 0.225 e. The molecule has 0 aliphatic carbocycles. The summed E-state index contributed by atoms with van der Waals surface area (Å²) < 4.78 is 4.82. The minimum atomic E-state index is 0.476. The highest BCUT2D eigenvalue weighted by atomic mass is 16.5. The zero-order chi connectivity index (χ0) is 8.39. The van der Waals surface area contributed by atoms with E-state index in [1.165, 1.54) is 12.8 Å². The van der Waals surface area contributed by atoms with Gasteiger partial charge in [0.15, 0.2) is 0 Å². The normalized spacial score (nSPS) is 24.2. The van der Waals surface area contributed by atoms with Crippen molar-refractivity contribution >= 4 is 5.88 Å². The van der Waals surface area contributed by atoms with E-state index in [0.717, 1.165) is 18.7 Å². The van der Waals surface area contributed by atoms with Crippen molar-refractivity contribution in [2.24, 2.45) is 0 Å². The maximum absolute atomic E-state index is 5.61. The predicted octanol–water partition coefficient (Wildman–Crippen LogP) is 0.724. The fraction of sp³-hybridized carbons (Fsp3) is 0.625. The van der Waals surface area contributed by atoms with E-state index in [2.05, 4.69) is 10.5 Å². The summed E-state index contributed by atoms with van der Waals surface area (Å²) in [6.07, 6.45) is 4.11. The molecule has 1 aliphatic rings. The number of hydrogen-bond donors (Lipinski definition) is 2. The third kappa shape index (κ3) is 1.30. The minimum Gasteiger partial charge on any atom is -0.367 e. The van der Waals surface area contributed by atoms with Crippen LogP contribution >= 0.6 is 0 Å². The Morgan fingerprint density at radius 2 is 2.58 bits per heavy atom. The van der Waals surface area contributed by atoms with Crippen molar-refractivity contribution < 1.29 is 4.52 Å². The molecule has 66 valence electrons. The first kappa shape index (κ1) is 7.61. The number of aromatic nitrogens is 1. The van der Waals surface area contributed by atoms with Gasteiger partial charge in [-0.2, -0.15) is 0 Å². The third-order valence-electron chi connectivity index (χ3n) is 2.36. The number of nitrogens with zero attached hydrogens (tertiary/aromatic N) is 1. The maximum atomic E-state index is 5.61. The van der Waals surface area contributed by atoms with E-state index in [1.807, 2.05) is 0 Å². The van der Waals surface area contributed by atoms with Gasteiger partial charge in [-0.15, -0.1) is 0 Å². The van der Waals surface area contributed by atoms with Crippen LogP contribution in [-0.4, -0.2) is 18.2 Å². The Labute approximate surface area is 71.1 Å². The molecule has 0 amide bonds. The topological polar surface area (TPSA) is 64.1 Å². The van der Waals surface area contributed by atoms with Gasteiger partial charge in [-0.3, -0.25) is 0 Å². The number of nitrogens with one attached hydrogen (secondary N) is 1. The van der Waals surface area contributed by atoms with Crippen molar-refractivity contribution in [2.75, 3.05) is 18.8 Å². The summed E-state index contributed by atoms with van der Waals surface area (Å²) in [6.45, 7) is 2.10. The molecule has 1 aromatic rings. The molecule has 2 rings (SSSR count). The van der Waals surface area contributed by atoms with Gasteiger partial charge in [-0.25, -0.2) is 0 Å². The molecule has 1 aliphatic heterocycles. The first-order chi connectivity index (χ1) is 5.88. The molecule has 0 spiro atoms. The van der Waals surface area contributed by atoms with Crippen LogP contribution in [0.1, 0.15) is 24.3 Å². The number of rotatable bonds is 1. The lowest BCUT2D eigenvalue weighted by Gasteiger charge is -2.21. The average molecular weight is 167 g/mol. The Morgan fingerprint density at radius 1 is 1.67 bits per heavy atom. The lowest BCUT2D eigenvalue weighted by Crippen LogP contribution is -2.28. The molecule has 0 bridgehead atoms. The second-order valence-electron chi connectivity index (χ2n) is 3.19. The predicted molar refractivity (Wildman–Crippen MR) is 45.8 cm³/mol. The van der Waals surface area contributed by atoms with Crippen molar-refractivity contribution in [3.8, 4) is 0 Å². The van der Waals surface area contributed by atoms with E-state index in [4.69, 9.17) is 10.3 Å². The first-order valence-corrected chi connectivity index (χ1v) is 4.28. The van der Waals surface area contributed by atoms with Crippen molar-refractivity contribution in [1.29, 1.82) is 0 Å². The van der Waals surface area contributed by atoms with Gasteiger partial charge in [0, 0.05) is 18.0 Å². The van der Waals surface area contributed by atoms with Crippen LogP contribution < -0.4 is 11.1 Å². The van der Waals surface area contributed by atoms with E-state index >= 15 is 0 Å². The average Bonchev–Trinajstić information content (AvgIpc) is 2.53. The molecule has 3 N–H and O–H groups in total. The smallest absolute Gasteiger partial charge is 0.225 e. The molecule has 4 heteroatoms. The molecule has 2 heterocycles. The summed E-state index contributed by atoms with van der Waals surface area (Å²) >= 11 is 0. The first-order valence-electron chi connectivity index (χ1n) is 4.28. The van der Waals surface area contributed by atoms with Gasteiger partial charge in [0.25, 0.3) is 0 Å². The lowest BCUT2D eigenvalue weighted by molar-refractivity contribution is 0.431. The molecule has 4 nitrogen and oxygen atoms in total. The van der Waals surface area contributed by atoms with Crippen LogP contribution in [0.2, 0.25) is 0 Å². The Morgan fingerprint density at radius 3 is 3.17 bits per heavy atom. The molecule has 0 radical (unpaired) electrons. The second kappa shape index (κ2) is 3.15. The second-order valence-corrected chi connectivity index (χ2v) is 3.19. The van der Waals surface area contributed by atoms with Crippen LogP contribution in [0.4, 0.5) is 5.88 Å². The SMILES string of the molecule is Nc1oncc1C1CCCNC1. The van der Waals surface area contributed by atoms with E-state index in [1.54, 1.807) is 6.20 Å². The Hall–Kier alpha value is -1.03. The van der Waals surface area contributed by atoms with E-state index < -0.39 is 0 Å². The fourth-order valence-corrected chi connectivity index (χ4v) is 1.68. The fourth-order valence-electron chi connectivity index (χ4n) is 1.68. The quantitative estimate of drug-likeness (QED) is 0.647. The highest BCUT2D eigenvalue weighted by molar-refractivity contribution is 5.36. The molecule has 0 saturated carbocycles. The Kier molecular flexibility index (Phi) is 1.99. The van der Waals surface area contributed by atoms with E-state index in [-0.39, 0.29) is 0 Å². The highest BCUT2D eigenvalue weighted by Crippen LogP contribution is 2.27. The van der Waals surface area contributed by atoms with Crippen molar-refractivity contribution in [3.05, 3.63) is 11.8 Å². The number of hydrogen-bond acceptors (Lipinski definition) is 4. The van der Waals surface area contributed by atoms with Gasteiger partial charge < -0.3 is 15.6 Å². The molecule has 1 saturated heterocycles. The van der Waals surface area contributed by atoms with Crippen LogP contribution in [0, 0.1) is 0 Å². The van der Waals surface area contributed by atoms with E-state index in [0.29, 0.717) is 11.8 Å². The monoisotopic (exact) mass is 167 g/mol. The van der Waals surface area contributed by atoms with E-state index in [9.17, 15) is 0 Å². The molecular formula is C8H13N3O. The summed E-state index contributed by atoms with van der Waals surface area (Å²) in [5.74, 6) is 0.966. The summed E-state index contributed by atoms with van der Waals surface area (Å²) in [5, 5.41) is 6.99. The van der Waals surface area contributed by atoms with Crippen molar-refractivity contribution in [2.45, 2.75) is 18.8 Å². The number of nitrogens with two attached hydrogens (primary N) is 1. The molecule has 12 heavy (non-hydrogen) atoms. The van der Waals surface area contributed by atoms with Crippen LogP contribution in [0.3, 0.4) is 0 Å². The lowest BCUT2D eigenvalue weighted by atomic mass is 9.94. The largest absolute Gasteiger partial charge is 0.367 e. The molecule has 1 aromatic heterocycles. The van der Waals surface area contributed by atoms with Crippen molar-refractivity contribution in [1.82, 2.24) is 10.5 Å². The summed E-state index contributed by atoms with van der Waals surface area (Å²) in [7, 11) is 0. The Balaban J connectivity index is 2.13. The van der Waals surface area contributed by atoms with Crippen LogP contribution in [0.25, 0.3) is 0 Å². The molecule has 1 atom stereocenters. The van der Waals surface area contributed by atoms with Gasteiger partial charge in [-0.05, 0) is 19.4 Å². The Bertz CT molecular complexity index is 253. The van der Waals surface area contributed by atoms with Crippen LogP contribution in [0.5, 0.6) is 0 Å². The van der Waals surface area contributed by atoms with Gasteiger partial charge >= 0.3 is 0 Å². The molecular weight excluding hydrogens is 154 g/mol. The highest BCUT2D eigenvalue weighted by Gasteiger charge is 2.19. The van der Waals surface area contributed by atoms with Crippen LogP contribution in [0.15, 0.2) is 10.7 Å². The standard InChI is InChI=1S/C8H13N3O/c9-8-7(5-11-12-8)6-2-1-3-10-4-6/h5-6,10H,1-4,9H2. The number of anilines is 1. The minimum absolute atomic E-state index is 0.476.